The minimum atomic E-state index is 0.469. The average molecular weight is 242 g/mol. The molecule has 18 heavy (non-hydrogen) atoms. The number of nitrogens with two attached hydrogens (primary N) is 1. The predicted molar refractivity (Wildman–Crippen MR) is 72.4 cm³/mol. The first-order valence-electron chi connectivity index (χ1n) is 6.47. The Balaban J connectivity index is 1.81. The standard InChI is InChI=1S/C15H18N2O/c16-10-13-7-8-14(18-13)11-17-9-3-5-12-4-1-2-6-15(12)17/h1-2,4,6-8H,3,5,9-11,16H2. The second-order valence-corrected chi connectivity index (χ2v) is 4.73. The smallest absolute Gasteiger partial charge is 0.123 e. The van der Waals surface area contributed by atoms with E-state index < -0.39 is 0 Å². The molecular formula is C15H18N2O. The maximum absolute atomic E-state index is 5.68. The number of anilines is 1. The number of aryl methyl sites for hydroxylation is 1. The highest BCUT2D eigenvalue weighted by molar-refractivity contribution is 5.55. The lowest BCUT2D eigenvalue weighted by atomic mass is 10.0. The molecule has 0 bridgehead atoms. The Morgan fingerprint density at radius 1 is 1.11 bits per heavy atom. The van der Waals surface area contributed by atoms with Gasteiger partial charge < -0.3 is 15.1 Å². The zero-order valence-electron chi connectivity index (χ0n) is 10.4. The molecule has 0 amide bonds. The van der Waals surface area contributed by atoms with Crippen molar-refractivity contribution in [3.8, 4) is 0 Å². The Kier molecular flexibility index (Phi) is 3.07. The van der Waals surface area contributed by atoms with Gasteiger partial charge in [-0.2, -0.15) is 0 Å². The normalized spacial score (nSPS) is 14.6. The second-order valence-electron chi connectivity index (χ2n) is 4.73. The van der Waals surface area contributed by atoms with Crippen LogP contribution in [0.15, 0.2) is 40.8 Å². The first-order chi connectivity index (χ1) is 8.86. The molecule has 0 atom stereocenters. The molecule has 0 spiro atoms. The number of hydrogen-bond donors (Lipinski definition) is 1. The van der Waals surface area contributed by atoms with Gasteiger partial charge in [-0.25, -0.2) is 0 Å². The SMILES string of the molecule is NCc1ccc(CN2CCCc3ccccc32)o1. The molecular weight excluding hydrogens is 224 g/mol. The summed E-state index contributed by atoms with van der Waals surface area (Å²) >= 11 is 0. The summed E-state index contributed by atoms with van der Waals surface area (Å²) in [6.07, 6.45) is 2.39. The Morgan fingerprint density at radius 3 is 2.78 bits per heavy atom. The average Bonchev–Trinajstić information content (AvgIpc) is 2.87. The van der Waals surface area contributed by atoms with Crippen molar-refractivity contribution >= 4 is 5.69 Å². The van der Waals surface area contributed by atoms with Gasteiger partial charge in [0, 0.05) is 12.2 Å². The largest absolute Gasteiger partial charge is 0.463 e. The Hall–Kier alpha value is -1.74. The highest BCUT2D eigenvalue weighted by Crippen LogP contribution is 2.28. The minimum absolute atomic E-state index is 0.469. The molecule has 1 aliphatic heterocycles. The molecule has 1 aromatic carbocycles. The number of rotatable bonds is 3. The summed E-state index contributed by atoms with van der Waals surface area (Å²) in [7, 11) is 0. The minimum Gasteiger partial charge on any atom is -0.463 e. The van der Waals surface area contributed by atoms with E-state index in [1.807, 2.05) is 12.1 Å². The Labute approximate surface area is 107 Å². The van der Waals surface area contributed by atoms with Crippen LogP contribution in [0.4, 0.5) is 5.69 Å². The zero-order valence-corrected chi connectivity index (χ0v) is 10.4. The molecule has 2 aromatic rings. The van der Waals surface area contributed by atoms with Crippen molar-refractivity contribution < 1.29 is 4.42 Å². The summed E-state index contributed by atoms with van der Waals surface area (Å²) in [5.74, 6) is 1.85. The van der Waals surface area contributed by atoms with E-state index in [1.54, 1.807) is 0 Å². The Bertz CT molecular complexity index is 533. The number of benzene rings is 1. The first kappa shape index (κ1) is 11.4. The third kappa shape index (κ3) is 2.14. The van der Waals surface area contributed by atoms with Crippen LogP contribution in [0.25, 0.3) is 0 Å². The van der Waals surface area contributed by atoms with Gasteiger partial charge in [-0.15, -0.1) is 0 Å². The molecule has 1 aromatic heterocycles. The van der Waals surface area contributed by atoms with E-state index in [0.717, 1.165) is 24.6 Å². The molecule has 3 rings (SSSR count). The number of para-hydroxylation sites is 1. The zero-order chi connectivity index (χ0) is 12.4. The van der Waals surface area contributed by atoms with E-state index in [1.165, 1.54) is 24.1 Å². The van der Waals surface area contributed by atoms with Crippen molar-refractivity contribution in [1.82, 2.24) is 0 Å². The maximum atomic E-state index is 5.68. The fourth-order valence-electron chi connectivity index (χ4n) is 2.58. The van der Waals surface area contributed by atoms with E-state index in [-0.39, 0.29) is 0 Å². The molecule has 0 saturated heterocycles. The van der Waals surface area contributed by atoms with Crippen molar-refractivity contribution in [3.05, 3.63) is 53.5 Å². The summed E-state index contributed by atoms with van der Waals surface area (Å²) in [4.78, 5) is 2.39. The van der Waals surface area contributed by atoms with Crippen LogP contribution in [0.3, 0.4) is 0 Å². The van der Waals surface area contributed by atoms with Crippen molar-refractivity contribution in [2.75, 3.05) is 11.4 Å². The number of nitrogens with zero attached hydrogens (tertiary/aromatic N) is 1. The number of furan rings is 1. The van der Waals surface area contributed by atoms with E-state index >= 15 is 0 Å². The monoisotopic (exact) mass is 242 g/mol. The van der Waals surface area contributed by atoms with E-state index in [9.17, 15) is 0 Å². The molecule has 0 fully saturated rings. The van der Waals surface area contributed by atoms with Crippen LogP contribution in [0.1, 0.15) is 23.5 Å². The van der Waals surface area contributed by atoms with E-state index in [2.05, 4.69) is 29.2 Å². The third-order valence-corrected chi connectivity index (χ3v) is 3.47. The lowest BCUT2D eigenvalue weighted by Crippen LogP contribution is -2.28. The van der Waals surface area contributed by atoms with Crippen LogP contribution in [0, 0.1) is 0 Å². The molecule has 3 nitrogen and oxygen atoms in total. The van der Waals surface area contributed by atoms with Gasteiger partial charge in [-0.05, 0) is 36.6 Å². The summed E-state index contributed by atoms with van der Waals surface area (Å²) in [5, 5.41) is 0. The highest BCUT2D eigenvalue weighted by atomic mass is 16.3. The number of fused-ring (bicyclic) bond motifs is 1. The molecule has 1 aliphatic rings. The second kappa shape index (κ2) is 4.86. The molecule has 0 radical (unpaired) electrons. The van der Waals surface area contributed by atoms with E-state index in [0.29, 0.717) is 6.54 Å². The topological polar surface area (TPSA) is 42.4 Å². The van der Waals surface area contributed by atoms with Crippen LogP contribution in [0.2, 0.25) is 0 Å². The molecule has 0 unspecified atom stereocenters. The van der Waals surface area contributed by atoms with Crippen molar-refractivity contribution in [2.24, 2.45) is 5.73 Å². The lowest BCUT2D eigenvalue weighted by Gasteiger charge is -2.30. The van der Waals surface area contributed by atoms with Crippen LogP contribution in [-0.4, -0.2) is 6.54 Å². The molecule has 0 saturated carbocycles. The van der Waals surface area contributed by atoms with Gasteiger partial charge >= 0.3 is 0 Å². The van der Waals surface area contributed by atoms with Gasteiger partial charge in [0.2, 0.25) is 0 Å². The van der Waals surface area contributed by atoms with Crippen molar-refractivity contribution in [2.45, 2.75) is 25.9 Å². The van der Waals surface area contributed by atoms with Crippen LogP contribution < -0.4 is 10.6 Å². The van der Waals surface area contributed by atoms with E-state index in [4.69, 9.17) is 10.2 Å². The molecule has 94 valence electrons. The van der Waals surface area contributed by atoms with Gasteiger partial charge in [0.1, 0.15) is 11.5 Å². The quantitative estimate of drug-likeness (QED) is 0.899. The van der Waals surface area contributed by atoms with Gasteiger partial charge in [0.15, 0.2) is 0 Å². The fourth-order valence-corrected chi connectivity index (χ4v) is 2.58. The summed E-state index contributed by atoms with van der Waals surface area (Å²) in [6, 6.07) is 12.6. The van der Waals surface area contributed by atoms with Gasteiger partial charge in [0.25, 0.3) is 0 Å². The lowest BCUT2D eigenvalue weighted by molar-refractivity contribution is 0.459. The molecule has 2 heterocycles. The van der Waals surface area contributed by atoms with Crippen LogP contribution in [0.5, 0.6) is 0 Å². The highest BCUT2D eigenvalue weighted by Gasteiger charge is 2.17. The maximum Gasteiger partial charge on any atom is 0.123 e. The summed E-state index contributed by atoms with van der Waals surface area (Å²) in [6.45, 7) is 2.39. The van der Waals surface area contributed by atoms with Gasteiger partial charge in [0.05, 0.1) is 13.1 Å². The van der Waals surface area contributed by atoms with Crippen molar-refractivity contribution in [1.29, 1.82) is 0 Å². The van der Waals surface area contributed by atoms with Crippen LogP contribution in [-0.2, 0) is 19.5 Å². The molecule has 0 aliphatic carbocycles. The fraction of sp³-hybridized carbons (Fsp3) is 0.333. The molecule has 3 heteroatoms. The van der Waals surface area contributed by atoms with Gasteiger partial charge in [-0.1, -0.05) is 18.2 Å². The summed E-state index contributed by atoms with van der Waals surface area (Å²) in [5.41, 5.74) is 8.35. The molecule has 2 N–H and O–H groups in total. The summed E-state index contributed by atoms with van der Waals surface area (Å²) < 4.78 is 5.68. The number of hydrogen-bond acceptors (Lipinski definition) is 3. The third-order valence-electron chi connectivity index (χ3n) is 3.47. The van der Waals surface area contributed by atoms with Crippen LogP contribution >= 0.6 is 0 Å². The predicted octanol–water partition coefficient (Wildman–Crippen LogP) is 2.69. The van der Waals surface area contributed by atoms with Crippen molar-refractivity contribution in [3.63, 3.8) is 0 Å². The van der Waals surface area contributed by atoms with Gasteiger partial charge in [-0.3, -0.25) is 0 Å². The first-order valence-corrected chi connectivity index (χ1v) is 6.47. The Morgan fingerprint density at radius 2 is 1.94 bits per heavy atom.